The van der Waals surface area contributed by atoms with Crippen LogP contribution in [-0.4, -0.2) is 17.5 Å². The molecule has 5 nitrogen and oxygen atoms in total. The van der Waals surface area contributed by atoms with Crippen LogP contribution in [0.2, 0.25) is 0 Å². The maximum absolute atomic E-state index is 9.79. The Morgan fingerprint density at radius 3 is 2.00 bits per heavy atom. The van der Waals surface area contributed by atoms with Crippen LogP contribution in [0, 0.1) is 0 Å². The normalized spacial score (nSPS) is 19.3. The van der Waals surface area contributed by atoms with Crippen molar-refractivity contribution in [3.05, 3.63) is 0 Å². The first-order valence-electron chi connectivity index (χ1n) is 1.20. The molecule has 0 aromatic carbocycles. The average Bonchev–Trinajstić information content (AvgIpc) is 1.21. The Hall–Kier alpha value is 1.14. The molecule has 0 amide bonds. The minimum Gasteiger partial charge on any atom is -0.284 e. The van der Waals surface area contributed by atoms with Crippen LogP contribution in [0.25, 0.3) is 0 Å². The molecule has 0 saturated heterocycles. The second-order valence-electron chi connectivity index (χ2n) is 0.713. The van der Waals surface area contributed by atoms with Crippen molar-refractivity contribution in [2.45, 2.75) is 0 Å². The molecule has 0 heterocycles. The van der Waals surface area contributed by atoms with Gasteiger partial charge in [0, 0.05) is 33.6 Å². The molecule has 0 aliphatic heterocycles. The number of rotatable bonds is 2. The van der Waals surface area contributed by atoms with Crippen molar-refractivity contribution in [2.75, 3.05) is 0 Å². The summed E-state index contributed by atoms with van der Waals surface area (Å²) in [5.41, 5.74) is 0. The van der Waals surface area contributed by atoms with E-state index in [1.807, 2.05) is 0 Å². The van der Waals surface area contributed by atoms with E-state index in [-0.39, 0.29) is 22.4 Å². The molecule has 0 saturated carbocycles. The first kappa shape index (κ1) is 12.8. The summed E-state index contributed by atoms with van der Waals surface area (Å²) >= 11 is 0.905. The molecule has 0 fully saturated rings. The molecule has 0 bridgehead atoms. The fourth-order valence-corrected chi connectivity index (χ4v) is 1.09. The predicted molar refractivity (Wildman–Crippen MR) is 30.0 cm³/mol. The van der Waals surface area contributed by atoms with Gasteiger partial charge in [0.2, 0.25) is 0 Å². The Labute approximate surface area is 74.9 Å². The maximum Gasteiger partial charge on any atom is 0.317 e. The van der Waals surface area contributed by atoms with Crippen molar-refractivity contribution >= 4 is 31.6 Å². The Morgan fingerprint density at radius 2 is 2.00 bits per heavy atom. The van der Waals surface area contributed by atoms with Gasteiger partial charge in [-0.3, -0.25) is 9.11 Å². The van der Waals surface area contributed by atoms with Crippen molar-refractivity contribution in [1.82, 2.24) is 0 Å². The minimum atomic E-state index is -3.94. The van der Waals surface area contributed by atoms with Crippen LogP contribution in [0.15, 0.2) is 0 Å². The van der Waals surface area contributed by atoms with Crippen molar-refractivity contribution in [1.29, 1.82) is 0 Å². The van der Waals surface area contributed by atoms with Crippen LogP contribution in [-0.2, 0) is 57.6 Å². The van der Waals surface area contributed by atoms with Crippen molar-refractivity contribution in [2.24, 2.45) is 0 Å². The number of hydrogen-bond acceptors (Lipinski definition) is 4. The van der Waals surface area contributed by atoms with E-state index in [2.05, 4.69) is 14.8 Å². The summed E-state index contributed by atoms with van der Waals surface area (Å²) in [4.78, 5) is 0. The van der Waals surface area contributed by atoms with E-state index in [1.165, 1.54) is 0 Å². The molecule has 1 radical (unpaired) electrons. The monoisotopic (exact) mass is 375 g/mol. The Kier molecular flexibility index (Phi) is 6.93. The van der Waals surface area contributed by atoms with Gasteiger partial charge in [-0.05, 0) is 0 Å². The van der Waals surface area contributed by atoms with Gasteiger partial charge in [0.25, 0.3) is 9.05 Å². The van der Waals surface area contributed by atoms with Crippen LogP contribution in [0.5, 0.6) is 0 Å². The van der Waals surface area contributed by atoms with Gasteiger partial charge in [0.05, 0.1) is 0 Å². The molecular formula is H2AuO5S3. The fraction of sp³-hybridized carbons (Fsp3) is 0. The Morgan fingerprint density at radius 1 is 1.67 bits per heavy atom. The summed E-state index contributed by atoms with van der Waals surface area (Å²) in [6.45, 7) is 0. The van der Waals surface area contributed by atoms with Gasteiger partial charge in [-0.1, -0.05) is 0 Å². The SMILES string of the molecule is O=S(O)OS(=O)(O)=S.[Au]. The van der Waals surface area contributed by atoms with Crippen molar-refractivity contribution in [3.8, 4) is 0 Å². The van der Waals surface area contributed by atoms with Gasteiger partial charge in [-0.15, -0.1) is 3.63 Å². The molecule has 0 spiro atoms. The predicted octanol–water partition coefficient (Wildman–Crippen LogP) is -0.728. The van der Waals surface area contributed by atoms with Gasteiger partial charge in [-0.2, -0.15) is 8.42 Å². The first-order valence-corrected chi connectivity index (χ1v) is 4.60. The van der Waals surface area contributed by atoms with Gasteiger partial charge < -0.3 is 0 Å². The molecule has 2 atom stereocenters. The van der Waals surface area contributed by atoms with E-state index in [4.69, 9.17) is 9.11 Å². The fourth-order valence-electron chi connectivity index (χ4n) is 0.0736. The summed E-state index contributed by atoms with van der Waals surface area (Å²) in [6.07, 6.45) is 0. The van der Waals surface area contributed by atoms with Gasteiger partial charge in [0.15, 0.2) is 0 Å². The molecule has 61 valence electrons. The molecule has 0 rings (SSSR count). The molecule has 0 aromatic heterocycles. The summed E-state index contributed by atoms with van der Waals surface area (Å²) in [5.74, 6) is 0. The zero-order chi connectivity index (χ0) is 6.78. The summed E-state index contributed by atoms with van der Waals surface area (Å²) in [7, 11) is -3.94. The molecular weight excluding hydrogens is 373 g/mol. The van der Waals surface area contributed by atoms with Crippen LogP contribution in [0.3, 0.4) is 0 Å². The van der Waals surface area contributed by atoms with Crippen LogP contribution in [0.4, 0.5) is 0 Å². The van der Waals surface area contributed by atoms with Crippen LogP contribution >= 0.6 is 0 Å². The smallest absolute Gasteiger partial charge is 0.284 e. The molecule has 0 aliphatic rings. The molecule has 0 aliphatic carbocycles. The van der Waals surface area contributed by atoms with Gasteiger partial charge in [-0.25, -0.2) is 0 Å². The second-order valence-corrected chi connectivity index (χ2v) is 3.81. The number of hydrogen-bond donors (Lipinski definition) is 2. The van der Waals surface area contributed by atoms with Crippen molar-refractivity contribution < 1.29 is 43.5 Å². The standard InChI is InChI=1S/Au.H2O5S3/c;1-7(2)5-8(3,4)6/h;(H,1,2)(H,3,4,6). The van der Waals surface area contributed by atoms with Crippen LogP contribution < -0.4 is 0 Å². The molecule has 2 unspecified atom stereocenters. The first-order chi connectivity index (χ1) is 3.42. The van der Waals surface area contributed by atoms with E-state index < -0.39 is 20.4 Å². The largest absolute Gasteiger partial charge is 0.317 e. The van der Waals surface area contributed by atoms with E-state index in [0.717, 1.165) is 0 Å². The summed E-state index contributed by atoms with van der Waals surface area (Å²) in [6, 6.07) is 0. The molecule has 9 heteroatoms. The third-order valence-corrected chi connectivity index (χ3v) is 1.80. The van der Waals surface area contributed by atoms with E-state index in [1.54, 1.807) is 0 Å². The van der Waals surface area contributed by atoms with E-state index >= 15 is 0 Å². The van der Waals surface area contributed by atoms with Gasteiger partial charge in [0.1, 0.15) is 0 Å². The summed E-state index contributed by atoms with van der Waals surface area (Å²) in [5, 5.41) is 0. The minimum absolute atomic E-state index is 0. The topological polar surface area (TPSA) is 83.8 Å². The van der Waals surface area contributed by atoms with Crippen LogP contribution in [0.1, 0.15) is 0 Å². The third kappa shape index (κ3) is 12.4. The Balaban J connectivity index is 0. The zero-order valence-corrected chi connectivity index (χ0v) is 8.26. The summed E-state index contributed by atoms with van der Waals surface area (Å²) < 4.78 is 38.3. The van der Waals surface area contributed by atoms with E-state index in [9.17, 15) is 8.42 Å². The second kappa shape index (κ2) is 4.88. The molecule has 2 N–H and O–H groups in total. The zero-order valence-electron chi connectivity index (χ0n) is 3.65. The third-order valence-electron chi connectivity index (χ3n) is 0.144. The average molecular weight is 375 g/mol. The van der Waals surface area contributed by atoms with E-state index in [0.29, 0.717) is 0 Å². The molecule has 9 heavy (non-hydrogen) atoms. The quantitative estimate of drug-likeness (QED) is 0.489. The van der Waals surface area contributed by atoms with Gasteiger partial charge >= 0.3 is 11.4 Å². The molecule has 0 aromatic rings. The Bertz CT molecular complexity index is 178. The maximum atomic E-state index is 9.79. The van der Waals surface area contributed by atoms with Crippen molar-refractivity contribution in [3.63, 3.8) is 0 Å².